The predicted octanol–water partition coefficient (Wildman–Crippen LogP) is 3.87. The molecule has 1 fully saturated rings. The summed E-state index contributed by atoms with van der Waals surface area (Å²) in [6, 6.07) is 14.0. The maximum atomic E-state index is 13.1. The molecule has 0 saturated heterocycles. The lowest BCUT2D eigenvalue weighted by Crippen LogP contribution is -2.35. The van der Waals surface area contributed by atoms with Gasteiger partial charge in [0.05, 0.1) is 19.3 Å². The van der Waals surface area contributed by atoms with Crippen LogP contribution in [0.2, 0.25) is 0 Å². The number of carbonyl (C=O) groups excluding carboxylic acids is 2. The van der Waals surface area contributed by atoms with Gasteiger partial charge in [-0.15, -0.1) is 0 Å². The van der Waals surface area contributed by atoms with Gasteiger partial charge in [0.2, 0.25) is 17.7 Å². The van der Waals surface area contributed by atoms with Crippen LogP contribution in [0.1, 0.15) is 12.8 Å². The van der Waals surface area contributed by atoms with Crippen molar-refractivity contribution in [3.05, 3.63) is 85.3 Å². The number of halogens is 1. The van der Waals surface area contributed by atoms with Crippen molar-refractivity contribution < 1.29 is 23.8 Å². The van der Waals surface area contributed by atoms with Gasteiger partial charge in [0, 0.05) is 34.9 Å². The summed E-state index contributed by atoms with van der Waals surface area (Å²) in [6.07, 6.45) is 7.63. The minimum absolute atomic E-state index is 0.00147. The van der Waals surface area contributed by atoms with E-state index in [1.165, 1.54) is 30.6 Å². The number of rotatable bonds is 9. The highest BCUT2D eigenvalue weighted by Gasteiger charge is 2.56. The lowest BCUT2D eigenvalue weighted by molar-refractivity contribution is -0.131. The van der Waals surface area contributed by atoms with Crippen LogP contribution in [0.5, 0.6) is 11.6 Å². The number of hydrogen-bond acceptors (Lipinski definition) is 7. The number of aliphatic hydroxyl groups excluding tert-OH is 1. The molecular formula is C28H24FN7O4. The minimum atomic E-state index is -1.16. The molecule has 40 heavy (non-hydrogen) atoms. The van der Waals surface area contributed by atoms with Gasteiger partial charge in [-0.25, -0.2) is 8.91 Å². The van der Waals surface area contributed by atoms with Crippen molar-refractivity contribution in [3.8, 4) is 22.8 Å². The molecule has 3 N–H and O–H groups in total. The number of benzene rings is 2. The maximum Gasteiger partial charge on any atom is 0.247 e. The zero-order valence-corrected chi connectivity index (χ0v) is 21.1. The summed E-state index contributed by atoms with van der Waals surface area (Å²) >= 11 is 0. The van der Waals surface area contributed by atoms with Crippen LogP contribution in [0.15, 0.2) is 79.5 Å². The Kier molecular flexibility index (Phi) is 6.44. The Balaban J connectivity index is 1.12. The lowest BCUT2D eigenvalue weighted by atomic mass is 10.0. The summed E-state index contributed by atoms with van der Waals surface area (Å²) in [5.41, 5.74) is 2.16. The van der Waals surface area contributed by atoms with E-state index >= 15 is 0 Å². The molecule has 5 aromatic rings. The molecule has 0 bridgehead atoms. The summed E-state index contributed by atoms with van der Waals surface area (Å²) in [6.45, 7) is 0.403. The number of ether oxygens (including phenoxy) is 1. The van der Waals surface area contributed by atoms with E-state index in [0.717, 1.165) is 11.1 Å². The quantitative estimate of drug-likeness (QED) is 0.241. The number of anilines is 2. The molecule has 0 spiro atoms. The lowest BCUT2D eigenvalue weighted by Gasteiger charge is -2.16. The van der Waals surface area contributed by atoms with E-state index in [-0.39, 0.29) is 6.61 Å². The van der Waals surface area contributed by atoms with Crippen LogP contribution in [0, 0.1) is 11.2 Å². The molecule has 2 amide bonds. The van der Waals surface area contributed by atoms with Gasteiger partial charge in [0.1, 0.15) is 28.8 Å². The Labute approximate surface area is 227 Å². The number of aliphatic hydroxyl groups is 1. The Bertz CT molecular complexity index is 1690. The summed E-state index contributed by atoms with van der Waals surface area (Å²) in [5, 5.41) is 23.1. The second-order valence-corrected chi connectivity index (χ2v) is 9.46. The number of nitrogens with one attached hydrogen (secondary N) is 2. The third-order valence-corrected chi connectivity index (χ3v) is 6.71. The molecule has 0 unspecified atom stereocenters. The van der Waals surface area contributed by atoms with E-state index in [2.05, 4.69) is 25.8 Å². The monoisotopic (exact) mass is 541 g/mol. The van der Waals surface area contributed by atoms with Crippen molar-refractivity contribution in [3.63, 3.8) is 0 Å². The van der Waals surface area contributed by atoms with Crippen LogP contribution in [0.3, 0.4) is 0 Å². The first kappa shape index (κ1) is 25.2. The van der Waals surface area contributed by atoms with Gasteiger partial charge in [-0.1, -0.05) is 0 Å². The highest BCUT2D eigenvalue weighted by molar-refractivity contribution is 6.16. The standard InChI is InChI=1S/C28H24FN7O4/c29-20-1-3-21(4-2-20)33-26(38)28(9-10-28)27(39)34-22-5-7-23(8-6-22)40-25-24-13-18(16-36(24)32-17-30-25)19-14-31-35(15-19)11-12-37/h1-8,13-17,37H,9-12H2,(H,33,38)(H,34,39). The summed E-state index contributed by atoms with van der Waals surface area (Å²) < 4.78 is 22.5. The average Bonchev–Trinajstić information content (AvgIpc) is 3.44. The van der Waals surface area contributed by atoms with Crippen LogP contribution in [0.4, 0.5) is 15.8 Å². The minimum Gasteiger partial charge on any atom is -0.437 e. The number of hydrogen-bond donors (Lipinski definition) is 3. The van der Waals surface area contributed by atoms with E-state index < -0.39 is 23.0 Å². The first-order valence-corrected chi connectivity index (χ1v) is 12.6. The molecular weight excluding hydrogens is 517 g/mol. The van der Waals surface area contributed by atoms with Gasteiger partial charge < -0.3 is 20.5 Å². The highest BCUT2D eigenvalue weighted by Crippen LogP contribution is 2.47. The van der Waals surface area contributed by atoms with E-state index in [1.54, 1.807) is 39.7 Å². The maximum absolute atomic E-state index is 13.1. The van der Waals surface area contributed by atoms with Gasteiger partial charge in [-0.3, -0.25) is 14.3 Å². The molecule has 3 aromatic heterocycles. The zero-order chi connectivity index (χ0) is 27.7. The van der Waals surface area contributed by atoms with Crippen molar-refractivity contribution in [1.82, 2.24) is 24.4 Å². The molecule has 202 valence electrons. The van der Waals surface area contributed by atoms with Gasteiger partial charge >= 0.3 is 0 Å². The highest BCUT2D eigenvalue weighted by atomic mass is 19.1. The summed E-state index contributed by atoms with van der Waals surface area (Å²) in [4.78, 5) is 30.0. The molecule has 2 aromatic carbocycles. The van der Waals surface area contributed by atoms with E-state index in [1.807, 2.05) is 18.5 Å². The van der Waals surface area contributed by atoms with Crippen molar-refractivity contribution >= 4 is 28.7 Å². The van der Waals surface area contributed by atoms with Crippen molar-refractivity contribution in [2.24, 2.45) is 5.41 Å². The fourth-order valence-corrected chi connectivity index (χ4v) is 4.32. The Morgan fingerprint density at radius 3 is 2.27 bits per heavy atom. The first-order valence-electron chi connectivity index (χ1n) is 12.6. The van der Waals surface area contributed by atoms with Gasteiger partial charge in [-0.2, -0.15) is 15.2 Å². The topological polar surface area (TPSA) is 136 Å². The largest absolute Gasteiger partial charge is 0.437 e. The van der Waals surface area contributed by atoms with Crippen molar-refractivity contribution in [2.75, 3.05) is 17.2 Å². The van der Waals surface area contributed by atoms with Crippen LogP contribution < -0.4 is 15.4 Å². The molecule has 11 nitrogen and oxygen atoms in total. The Morgan fingerprint density at radius 1 is 0.950 bits per heavy atom. The van der Waals surface area contributed by atoms with Crippen molar-refractivity contribution in [2.45, 2.75) is 19.4 Å². The third kappa shape index (κ3) is 4.99. The first-order chi connectivity index (χ1) is 19.4. The van der Waals surface area contributed by atoms with E-state index in [9.17, 15) is 14.0 Å². The van der Waals surface area contributed by atoms with Crippen LogP contribution >= 0.6 is 0 Å². The SMILES string of the molecule is O=C(Nc1ccc(F)cc1)C1(C(=O)Nc2ccc(Oc3ncnn4cc(-c5cnn(CCO)c5)cc34)cc2)CC1. The summed E-state index contributed by atoms with van der Waals surface area (Å²) in [5.74, 6) is -0.393. The van der Waals surface area contributed by atoms with Gasteiger partial charge in [-0.05, 0) is 67.4 Å². The van der Waals surface area contributed by atoms with Gasteiger partial charge in [0.15, 0.2) is 0 Å². The average molecular weight is 542 g/mol. The van der Waals surface area contributed by atoms with E-state index in [0.29, 0.717) is 47.9 Å². The summed E-state index contributed by atoms with van der Waals surface area (Å²) in [7, 11) is 0. The molecule has 3 heterocycles. The number of aromatic nitrogens is 5. The zero-order valence-electron chi connectivity index (χ0n) is 21.1. The second-order valence-electron chi connectivity index (χ2n) is 9.46. The normalized spacial score (nSPS) is 13.7. The Morgan fingerprint density at radius 2 is 1.62 bits per heavy atom. The number of nitrogens with zero attached hydrogens (tertiary/aromatic N) is 5. The number of fused-ring (bicyclic) bond motifs is 1. The van der Waals surface area contributed by atoms with Crippen LogP contribution in [-0.2, 0) is 16.1 Å². The molecule has 6 rings (SSSR count). The fourth-order valence-electron chi connectivity index (χ4n) is 4.32. The Hall–Kier alpha value is -5.10. The van der Waals surface area contributed by atoms with Crippen LogP contribution in [-0.4, -0.2) is 47.9 Å². The molecule has 0 aliphatic heterocycles. The molecule has 1 aliphatic carbocycles. The molecule has 12 heteroatoms. The molecule has 0 radical (unpaired) electrons. The second kappa shape index (κ2) is 10.2. The smallest absolute Gasteiger partial charge is 0.247 e. The van der Waals surface area contributed by atoms with Crippen LogP contribution in [0.25, 0.3) is 16.6 Å². The third-order valence-electron chi connectivity index (χ3n) is 6.71. The molecule has 1 aliphatic rings. The fraction of sp³-hybridized carbons (Fsp3) is 0.179. The predicted molar refractivity (Wildman–Crippen MR) is 143 cm³/mol. The van der Waals surface area contributed by atoms with Gasteiger partial charge in [0.25, 0.3) is 0 Å². The molecule has 1 saturated carbocycles. The van der Waals surface area contributed by atoms with Crippen molar-refractivity contribution in [1.29, 1.82) is 0 Å². The van der Waals surface area contributed by atoms with E-state index in [4.69, 9.17) is 9.84 Å². The molecule has 0 atom stereocenters. The number of carbonyl (C=O) groups is 2. The number of amides is 2.